The van der Waals surface area contributed by atoms with Crippen molar-refractivity contribution in [2.75, 3.05) is 0 Å². The maximum Gasteiger partial charge on any atom is 0.270 e. The smallest absolute Gasteiger partial charge is 0.270 e. The van der Waals surface area contributed by atoms with Crippen LogP contribution in [0.5, 0.6) is 0 Å². The first-order valence-electron chi connectivity index (χ1n) is 10.2. The van der Waals surface area contributed by atoms with Crippen molar-refractivity contribution >= 4 is 16.9 Å². The first-order chi connectivity index (χ1) is 14.2. The first-order valence-corrected chi connectivity index (χ1v) is 10.2. The van der Waals surface area contributed by atoms with Crippen molar-refractivity contribution in [3.05, 3.63) is 47.5 Å². The second-order valence-corrected chi connectivity index (χ2v) is 8.17. The highest BCUT2D eigenvalue weighted by molar-refractivity contribution is 5.92. The van der Waals surface area contributed by atoms with Gasteiger partial charge in [-0.3, -0.25) is 9.48 Å². The Labute approximate surface area is 173 Å². The molecule has 1 aliphatic carbocycles. The molecule has 160 valence electrons. The largest absolute Gasteiger partial charge is 0.340 e. The molecule has 2 heterocycles. The van der Waals surface area contributed by atoms with Crippen LogP contribution in [0.3, 0.4) is 0 Å². The van der Waals surface area contributed by atoms with E-state index in [-0.39, 0.29) is 30.7 Å². The predicted octanol–water partition coefficient (Wildman–Crippen LogP) is 3.61. The Morgan fingerprint density at radius 1 is 1.33 bits per heavy atom. The number of hydrogen-bond donors (Lipinski definition) is 3. The number of aryl methyl sites for hydroxylation is 1. The molecule has 1 amide bonds. The molecule has 30 heavy (non-hydrogen) atoms. The molecule has 2 aromatic heterocycles. The zero-order chi connectivity index (χ0) is 21.5. The molecule has 0 aliphatic heterocycles. The van der Waals surface area contributed by atoms with Crippen molar-refractivity contribution in [1.29, 1.82) is 0 Å². The minimum atomic E-state index is -2.65. The van der Waals surface area contributed by atoms with Gasteiger partial charge < -0.3 is 16.0 Å². The van der Waals surface area contributed by atoms with Crippen LogP contribution in [0.2, 0.25) is 0 Å². The molecule has 2 atom stereocenters. The zero-order valence-corrected chi connectivity index (χ0v) is 17.0. The SMILES string of the molecule is CC(N)c1ccc2nc(C(NC(=O)c3ccnn3C)C3CCC(F)(F)CC3)[nH]c2c1. The Morgan fingerprint density at radius 2 is 2.07 bits per heavy atom. The summed E-state index contributed by atoms with van der Waals surface area (Å²) < 4.78 is 29.0. The Kier molecular flexibility index (Phi) is 5.31. The molecule has 1 fully saturated rings. The second kappa shape index (κ2) is 7.79. The lowest BCUT2D eigenvalue weighted by Gasteiger charge is -2.33. The number of aromatic nitrogens is 4. The quantitative estimate of drug-likeness (QED) is 0.591. The van der Waals surface area contributed by atoms with Crippen molar-refractivity contribution in [2.45, 2.75) is 50.6 Å². The van der Waals surface area contributed by atoms with Crippen molar-refractivity contribution in [3.8, 4) is 0 Å². The van der Waals surface area contributed by atoms with Gasteiger partial charge in [-0.25, -0.2) is 13.8 Å². The maximum absolute atomic E-state index is 13.7. The standard InChI is InChI=1S/C21H26F2N6O/c1-12(24)14-3-4-15-16(11-14)27-19(26-15)18(13-5-8-21(22,23)9-6-13)28-20(30)17-7-10-25-29(17)2/h3-4,7,10-13,18H,5-6,8-9,24H2,1-2H3,(H,26,27)(H,28,30). The van der Waals surface area contributed by atoms with Crippen molar-refractivity contribution in [1.82, 2.24) is 25.1 Å². The van der Waals surface area contributed by atoms with E-state index >= 15 is 0 Å². The number of nitrogens with zero attached hydrogens (tertiary/aromatic N) is 3. The average Bonchev–Trinajstić information content (AvgIpc) is 3.31. The number of halogens is 2. The van der Waals surface area contributed by atoms with Gasteiger partial charge in [0.05, 0.1) is 17.1 Å². The summed E-state index contributed by atoms with van der Waals surface area (Å²) in [6.07, 6.45) is 1.79. The van der Waals surface area contributed by atoms with Crippen LogP contribution in [0.25, 0.3) is 11.0 Å². The fourth-order valence-corrected chi connectivity index (χ4v) is 4.09. The Morgan fingerprint density at radius 3 is 2.70 bits per heavy atom. The molecule has 7 nitrogen and oxygen atoms in total. The number of hydrogen-bond acceptors (Lipinski definition) is 4. The Hall–Kier alpha value is -2.81. The molecule has 4 rings (SSSR count). The minimum Gasteiger partial charge on any atom is -0.340 e. The third-order valence-electron chi connectivity index (χ3n) is 5.92. The first kappa shape index (κ1) is 20.5. The highest BCUT2D eigenvalue weighted by Crippen LogP contribution is 2.41. The summed E-state index contributed by atoms with van der Waals surface area (Å²) >= 11 is 0. The van der Waals surface area contributed by atoms with E-state index in [0.29, 0.717) is 24.4 Å². The minimum absolute atomic E-state index is 0.123. The van der Waals surface area contributed by atoms with E-state index in [1.165, 1.54) is 4.68 Å². The number of aromatic amines is 1. The molecular weight excluding hydrogens is 390 g/mol. The van der Waals surface area contributed by atoms with E-state index in [1.54, 1.807) is 19.3 Å². The molecule has 1 aromatic carbocycles. The number of alkyl halides is 2. The summed E-state index contributed by atoms with van der Waals surface area (Å²) in [6.45, 7) is 1.90. The second-order valence-electron chi connectivity index (χ2n) is 8.17. The zero-order valence-electron chi connectivity index (χ0n) is 17.0. The number of nitrogens with two attached hydrogens (primary N) is 1. The van der Waals surface area contributed by atoms with Crippen LogP contribution >= 0.6 is 0 Å². The summed E-state index contributed by atoms with van der Waals surface area (Å²) in [5.41, 5.74) is 8.89. The van der Waals surface area contributed by atoms with Crippen molar-refractivity contribution in [2.24, 2.45) is 18.7 Å². The van der Waals surface area contributed by atoms with Crippen LogP contribution in [-0.4, -0.2) is 31.6 Å². The van der Waals surface area contributed by atoms with E-state index in [0.717, 1.165) is 16.6 Å². The molecule has 3 aromatic rings. The summed E-state index contributed by atoms with van der Waals surface area (Å²) in [5.74, 6) is -2.53. The number of fused-ring (bicyclic) bond motifs is 1. The van der Waals surface area contributed by atoms with Crippen LogP contribution in [-0.2, 0) is 7.05 Å². The molecule has 2 unspecified atom stereocenters. The molecule has 9 heteroatoms. The number of carbonyl (C=O) groups is 1. The molecule has 1 aliphatic rings. The monoisotopic (exact) mass is 416 g/mol. The lowest BCUT2D eigenvalue weighted by molar-refractivity contribution is -0.0496. The van der Waals surface area contributed by atoms with Crippen LogP contribution < -0.4 is 11.1 Å². The molecule has 0 bridgehead atoms. The number of H-pyrrole nitrogens is 1. The summed E-state index contributed by atoms with van der Waals surface area (Å²) in [6, 6.07) is 6.72. The normalized spacial score (nSPS) is 19.0. The number of amides is 1. The lowest BCUT2D eigenvalue weighted by Crippen LogP contribution is -2.38. The third-order valence-corrected chi connectivity index (χ3v) is 5.92. The Bertz CT molecular complexity index is 1050. The molecule has 1 saturated carbocycles. The summed E-state index contributed by atoms with van der Waals surface area (Å²) in [7, 11) is 1.68. The van der Waals surface area contributed by atoms with E-state index in [1.807, 2.05) is 25.1 Å². The molecule has 0 radical (unpaired) electrons. The highest BCUT2D eigenvalue weighted by atomic mass is 19.3. The van der Waals surface area contributed by atoms with Crippen LogP contribution in [0.1, 0.15) is 66.6 Å². The molecular formula is C21H26F2N6O. The van der Waals surface area contributed by atoms with E-state index in [2.05, 4.69) is 20.4 Å². The van der Waals surface area contributed by atoms with Crippen LogP contribution in [0.15, 0.2) is 30.5 Å². The van der Waals surface area contributed by atoms with E-state index in [4.69, 9.17) is 5.73 Å². The van der Waals surface area contributed by atoms with Gasteiger partial charge in [-0.2, -0.15) is 5.10 Å². The van der Waals surface area contributed by atoms with Gasteiger partial charge in [-0.15, -0.1) is 0 Å². The Balaban J connectivity index is 1.67. The van der Waals surface area contributed by atoms with Gasteiger partial charge in [0.2, 0.25) is 5.92 Å². The van der Waals surface area contributed by atoms with Gasteiger partial charge >= 0.3 is 0 Å². The highest BCUT2D eigenvalue weighted by Gasteiger charge is 2.39. The number of carbonyl (C=O) groups excluding carboxylic acids is 1. The van der Waals surface area contributed by atoms with Gasteiger partial charge in [0.1, 0.15) is 11.5 Å². The van der Waals surface area contributed by atoms with Crippen molar-refractivity contribution < 1.29 is 13.6 Å². The fraction of sp³-hybridized carbons (Fsp3) is 0.476. The van der Waals surface area contributed by atoms with Gasteiger partial charge in [0, 0.05) is 32.1 Å². The topological polar surface area (TPSA) is 102 Å². The van der Waals surface area contributed by atoms with Gasteiger partial charge in [0.15, 0.2) is 0 Å². The van der Waals surface area contributed by atoms with Crippen LogP contribution in [0.4, 0.5) is 8.78 Å². The van der Waals surface area contributed by atoms with Gasteiger partial charge in [0.25, 0.3) is 5.91 Å². The summed E-state index contributed by atoms with van der Waals surface area (Å²) in [5, 5.41) is 7.04. The van der Waals surface area contributed by atoms with E-state index < -0.39 is 12.0 Å². The maximum atomic E-state index is 13.7. The fourth-order valence-electron chi connectivity index (χ4n) is 4.09. The number of benzene rings is 1. The van der Waals surface area contributed by atoms with E-state index in [9.17, 15) is 13.6 Å². The van der Waals surface area contributed by atoms with Gasteiger partial charge in [-0.1, -0.05) is 6.07 Å². The average molecular weight is 416 g/mol. The van der Waals surface area contributed by atoms with Crippen LogP contribution in [0, 0.1) is 5.92 Å². The van der Waals surface area contributed by atoms with Gasteiger partial charge in [-0.05, 0) is 49.4 Å². The number of imidazole rings is 1. The third kappa shape index (κ3) is 4.07. The lowest BCUT2D eigenvalue weighted by atomic mass is 9.81. The molecule has 0 saturated heterocycles. The molecule has 0 spiro atoms. The van der Waals surface area contributed by atoms with Crippen molar-refractivity contribution in [3.63, 3.8) is 0 Å². The molecule has 4 N–H and O–H groups in total. The predicted molar refractivity (Wildman–Crippen MR) is 109 cm³/mol. The number of rotatable bonds is 5. The summed E-state index contributed by atoms with van der Waals surface area (Å²) in [4.78, 5) is 20.8. The number of nitrogens with one attached hydrogen (secondary N) is 2.